The van der Waals surface area contributed by atoms with Crippen molar-refractivity contribution >= 4 is 17.3 Å². The van der Waals surface area contributed by atoms with Crippen LogP contribution in [0.2, 0.25) is 0 Å². The summed E-state index contributed by atoms with van der Waals surface area (Å²) in [5.74, 6) is 0.795. The van der Waals surface area contributed by atoms with Gasteiger partial charge in [0.2, 0.25) is 11.8 Å². The number of aryl methyl sites for hydroxylation is 1. The number of benzene rings is 3. The maximum atomic E-state index is 12.2. The van der Waals surface area contributed by atoms with Gasteiger partial charge >= 0.3 is 0 Å². The van der Waals surface area contributed by atoms with Gasteiger partial charge in [0.15, 0.2) is 0 Å². The normalized spacial score (nSPS) is 17.6. The Morgan fingerprint density at radius 3 is 2.36 bits per heavy atom. The van der Waals surface area contributed by atoms with Crippen LogP contribution in [0.3, 0.4) is 0 Å². The number of nitrogens with one attached hydrogen (secondary N) is 1. The third-order valence-corrected chi connectivity index (χ3v) is 9.74. The number of amides is 2. The molecule has 5 aromatic rings. The molecule has 0 bridgehead atoms. The summed E-state index contributed by atoms with van der Waals surface area (Å²) in [5, 5.41) is 6.91. The number of rotatable bonds is 9. The Hall–Kier alpha value is -4.86. The van der Waals surface area contributed by atoms with Crippen LogP contribution in [0, 0.1) is 6.92 Å². The fourth-order valence-corrected chi connectivity index (χ4v) is 6.92. The first kappa shape index (κ1) is 30.8. The third kappa shape index (κ3) is 6.68. The lowest BCUT2D eigenvalue weighted by atomic mass is 9.86. The summed E-state index contributed by atoms with van der Waals surface area (Å²) in [5.41, 5.74) is 15.5. The molecule has 2 fully saturated rings. The van der Waals surface area contributed by atoms with E-state index in [2.05, 4.69) is 87.9 Å². The predicted octanol–water partition coefficient (Wildman–Crippen LogP) is 5.61. The molecule has 1 atom stereocenters. The minimum Gasteiger partial charge on any atom is -0.492 e. The molecule has 1 unspecified atom stereocenters. The van der Waals surface area contributed by atoms with Crippen LogP contribution in [0.15, 0.2) is 85.3 Å². The predicted molar refractivity (Wildman–Crippen MR) is 182 cm³/mol. The lowest BCUT2D eigenvalue weighted by molar-refractivity contribution is -0.134. The molecule has 2 aliphatic heterocycles. The van der Waals surface area contributed by atoms with E-state index in [0.717, 1.165) is 82.8 Å². The topological polar surface area (TPSA) is 115 Å². The van der Waals surface area contributed by atoms with Crippen molar-refractivity contribution in [2.75, 3.05) is 26.2 Å². The van der Waals surface area contributed by atoms with E-state index in [1.54, 1.807) is 6.33 Å². The van der Waals surface area contributed by atoms with Crippen LogP contribution in [-0.4, -0.2) is 57.6 Å². The SMILES string of the molecule is Cc1cc(-c2ncnn3cc(-c4ccc(OCCN5CCC(c6ccc(C7CCC(=O)NC7=O)cc6)CC5)cc4)cc23)ccc1CN. The first-order chi connectivity index (χ1) is 22.9. The van der Waals surface area contributed by atoms with Gasteiger partial charge in [-0.2, -0.15) is 5.10 Å². The number of carbonyl (C=O) groups is 2. The lowest BCUT2D eigenvalue weighted by Crippen LogP contribution is -2.39. The second-order valence-electron chi connectivity index (χ2n) is 12.7. The number of fused-ring (bicyclic) bond motifs is 1. The number of nitrogens with two attached hydrogens (primary N) is 1. The number of ether oxygens (including phenoxy) is 1. The molecular formula is C38H40N6O3. The fourth-order valence-electron chi connectivity index (χ4n) is 6.92. The second-order valence-corrected chi connectivity index (χ2v) is 12.7. The van der Waals surface area contributed by atoms with Crippen molar-refractivity contribution in [3.8, 4) is 28.1 Å². The summed E-state index contributed by atoms with van der Waals surface area (Å²) < 4.78 is 8.01. The van der Waals surface area contributed by atoms with Crippen LogP contribution >= 0.6 is 0 Å². The molecule has 3 N–H and O–H groups in total. The van der Waals surface area contributed by atoms with Crippen molar-refractivity contribution in [1.82, 2.24) is 24.8 Å². The van der Waals surface area contributed by atoms with Crippen molar-refractivity contribution < 1.29 is 14.3 Å². The highest BCUT2D eigenvalue weighted by atomic mass is 16.5. The average molecular weight is 629 g/mol. The van der Waals surface area contributed by atoms with Crippen LogP contribution in [0.4, 0.5) is 0 Å². The van der Waals surface area contributed by atoms with Gasteiger partial charge in [-0.05, 0) is 97.3 Å². The number of aromatic nitrogens is 3. The summed E-state index contributed by atoms with van der Waals surface area (Å²) in [6.45, 7) is 6.20. The molecule has 0 aliphatic carbocycles. The molecule has 2 amide bonds. The first-order valence-corrected chi connectivity index (χ1v) is 16.5. The third-order valence-electron chi connectivity index (χ3n) is 9.74. The summed E-state index contributed by atoms with van der Waals surface area (Å²) in [7, 11) is 0. The molecule has 2 aliphatic rings. The lowest BCUT2D eigenvalue weighted by Gasteiger charge is -2.32. The quantitative estimate of drug-likeness (QED) is 0.204. The fraction of sp³-hybridized carbons (Fsp3) is 0.316. The number of nitrogens with zero attached hydrogens (tertiary/aromatic N) is 4. The molecule has 0 spiro atoms. The Morgan fingerprint density at radius 2 is 1.64 bits per heavy atom. The molecule has 2 aromatic heterocycles. The molecule has 9 heteroatoms. The first-order valence-electron chi connectivity index (χ1n) is 16.5. The van der Waals surface area contributed by atoms with Crippen LogP contribution in [-0.2, 0) is 16.1 Å². The molecule has 47 heavy (non-hydrogen) atoms. The van der Waals surface area contributed by atoms with E-state index >= 15 is 0 Å². The Morgan fingerprint density at radius 1 is 0.894 bits per heavy atom. The summed E-state index contributed by atoms with van der Waals surface area (Å²) in [6.07, 6.45) is 6.82. The van der Waals surface area contributed by atoms with E-state index in [1.165, 1.54) is 5.56 Å². The Kier molecular flexibility index (Phi) is 8.82. The Bertz CT molecular complexity index is 1890. The van der Waals surface area contributed by atoms with E-state index in [-0.39, 0.29) is 17.7 Å². The monoisotopic (exact) mass is 628 g/mol. The number of likely N-dealkylation sites (tertiary alicyclic amines) is 1. The molecule has 2 saturated heterocycles. The number of hydrogen-bond acceptors (Lipinski definition) is 7. The van der Waals surface area contributed by atoms with Crippen molar-refractivity contribution in [2.45, 2.75) is 51.0 Å². The van der Waals surface area contributed by atoms with Crippen molar-refractivity contribution in [1.29, 1.82) is 0 Å². The van der Waals surface area contributed by atoms with E-state index in [4.69, 9.17) is 10.5 Å². The highest BCUT2D eigenvalue weighted by Crippen LogP contribution is 2.32. The zero-order chi connectivity index (χ0) is 32.3. The minimum atomic E-state index is -0.229. The zero-order valence-corrected chi connectivity index (χ0v) is 26.7. The van der Waals surface area contributed by atoms with Crippen LogP contribution in [0.1, 0.15) is 59.8 Å². The smallest absolute Gasteiger partial charge is 0.234 e. The van der Waals surface area contributed by atoms with Gasteiger partial charge in [0.05, 0.1) is 17.1 Å². The van der Waals surface area contributed by atoms with Gasteiger partial charge in [-0.15, -0.1) is 0 Å². The van der Waals surface area contributed by atoms with Crippen molar-refractivity contribution in [3.63, 3.8) is 0 Å². The minimum absolute atomic E-state index is 0.174. The Labute approximate surface area is 274 Å². The maximum absolute atomic E-state index is 12.2. The van der Waals surface area contributed by atoms with Crippen LogP contribution in [0.25, 0.3) is 27.9 Å². The van der Waals surface area contributed by atoms with E-state index in [9.17, 15) is 9.59 Å². The van der Waals surface area contributed by atoms with E-state index in [1.807, 2.05) is 22.8 Å². The van der Waals surface area contributed by atoms with Crippen molar-refractivity contribution in [2.24, 2.45) is 5.73 Å². The average Bonchev–Trinajstić information content (AvgIpc) is 3.54. The molecule has 0 saturated carbocycles. The molecule has 0 radical (unpaired) electrons. The molecule has 7 rings (SSSR count). The summed E-state index contributed by atoms with van der Waals surface area (Å²) in [6, 6.07) is 25.1. The van der Waals surface area contributed by atoms with Crippen LogP contribution in [0.5, 0.6) is 5.75 Å². The molecule has 4 heterocycles. The number of imide groups is 1. The maximum Gasteiger partial charge on any atom is 0.234 e. The summed E-state index contributed by atoms with van der Waals surface area (Å²) in [4.78, 5) is 30.8. The number of hydrogen-bond donors (Lipinski definition) is 2. The van der Waals surface area contributed by atoms with Gasteiger partial charge in [-0.25, -0.2) is 9.50 Å². The molecule has 240 valence electrons. The number of piperidine rings is 2. The van der Waals surface area contributed by atoms with Gasteiger partial charge < -0.3 is 10.5 Å². The second kappa shape index (κ2) is 13.5. The van der Waals surface area contributed by atoms with Crippen molar-refractivity contribution in [3.05, 3.63) is 108 Å². The van der Waals surface area contributed by atoms with Gasteiger partial charge in [0.25, 0.3) is 0 Å². The highest BCUT2D eigenvalue weighted by molar-refractivity contribution is 6.00. The molecular weight excluding hydrogens is 588 g/mol. The van der Waals surface area contributed by atoms with Gasteiger partial charge in [0, 0.05) is 36.8 Å². The zero-order valence-electron chi connectivity index (χ0n) is 26.7. The standard InChI is InChI=1S/C38H40N6O3/c1-25-20-30(6-7-31(25)22-39)37-35-21-32(23-44(35)41-24-40-37)27-8-10-33(11-9-27)47-19-18-43-16-14-28(15-17-43)26-2-4-29(5-3-26)34-12-13-36(45)42-38(34)46/h2-11,20-21,23-24,28,34H,12-19,22,39H2,1H3,(H,42,45,46). The van der Waals surface area contributed by atoms with Gasteiger partial charge in [0.1, 0.15) is 18.7 Å². The Balaban J connectivity index is 0.906. The van der Waals surface area contributed by atoms with E-state index in [0.29, 0.717) is 31.9 Å². The highest BCUT2D eigenvalue weighted by Gasteiger charge is 2.28. The van der Waals surface area contributed by atoms with Gasteiger partial charge in [-0.1, -0.05) is 48.5 Å². The van der Waals surface area contributed by atoms with E-state index < -0.39 is 0 Å². The molecule has 3 aromatic carbocycles. The largest absolute Gasteiger partial charge is 0.492 e. The molecule has 9 nitrogen and oxygen atoms in total. The van der Waals surface area contributed by atoms with Gasteiger partial charge in [-0.3, -0.25) is 19.8 Å². The number of carbonyl (C=O) groups excluding carboxylic acids is 2. The summed E-state index contributed by atoms with van der Waals surface area (Å²) >= 11 is 0. The van der Waals surface area contributed by atoms with Crippen LogP contribution < -0.4 is 15.8 Å².